The normalized spacial score (nSPS) is 15.7. The highest BCUT2D eigenvalue weighted by Gasteiger charge is 2.31. The van der Waals surface area contributed by atoms with Gasteiger partial charge in [-0.05, 0) is 38.5 Å². The van der Waals surface area contributed by atoms with E-state index < -0.39 is 0 Å². The lowest BCUT2D eigenvalue weighted by Crippen LogP contribution is -2.32. The third-order valence-corrected chi connectivity index (χ3v) is 6.73. The summed E-state index contributed by atoms with van der Waals surface area (Å²) in [5.74, 6) is 0.699. The SMILES string of the molecule is C=CCSc1nc2sc3c(c2c(=O)n1-c1ccc(C)cc1)CC(C)(C)OC3. The van der Waals surface area contributed by atoms with Crippen LogP contribution in [0.25, 0.3) is 15.9 Å². The number of nitrogens with zero attached hydrogens (tertiary/aromatic N) is 2. The van der Waals surface area contributed by atoms with E-state index in [1.54, 1.807) is 15.9 Å². The number of ether oxygens (including phenoxy) is 1. The minimum Gasteiger partial charge on any atom is -0.370 e. The zero-order chi connectivity index (χ0) is 19.2. The lowest BCUT2D eigenvalue weighted by molar-refractivity contribution is -0.0379. The molecular weight excluding hydrogens is 376 g/mol. The van der Waals surface area contributed by atoms with E-state index in [9.17, 15) is 4.79 Å². The summed E-state index contributed by atoms with van der Waals surface area (Å²) >= 11 is 3.11. The Balaban J connectivity index is 1.99. The Bertz CT molecular complexity index is 1080. The monoisotopic (exact) mass is 398 g/mol. The van der Waals surface area contributed by atoms with Crippen molar-refractivity contribution in [1.82, 2.24) is 9.55 Å². The van der Waals surface area contributed by atoms with Crippen molar-refractivity contribution in [2.24, 2.45) is 0 Å². The molecule has 140 valence electrons. The number of hydrogen-bond acceptors (Lipinski definition) is 5. The topological polar surface area (TPSA) is 44.1 Å². The Hall–Kier alpha value is -1.89. The van der Waals surface area contributed by atoms with Gasteiger partial charge in [-0.2, -0.15) is 0 Å². The quantitative estimate of drug-likeness (QED) is 0.357. The number of thioether (sulfide) groups is 1. The van der Waals surface area contributed by atoms with E-state index in [0.717, 1.165) is 38.3 Å². The third kappa shape index (κ3) is 3.37. The minimum atomic E-state index is -0.265. The molecule has 0 spiro atoms. The summed E-state index contributed by atoms with van der Waals surface area (Å²) in [5, 5.41) is 1.45. The molecule has 2 aromatic heterocycles. The Morgan fingerprint density at radius 1 is 1.37 bits per heavy atom. The number of rotatable bonds is 4. The Kier molecular flexibility index (Phi) is 4.74. The average Bonchev–Trinajstić information content (AvgIpc) is 2.97. The van der Waals surface area contributed by atoms with Crippen molar-refractivity contribution in [3.63, 3.8) is 0 Å². The maximum absolute atomic E-state index is 13.6. The maximum Gasteiger partial charge on any atom is 0.267 e. The molecule has 0 fully saturated rings. The van der Waals surface area contributed by atoms with Crippen molar-refractivity contribution in [2.75, 3.05) is 5.75 Å². The third-order valence-electron chi connectivity index (χ3n) is 4.70. The van der Waals surface area contributed by atoms with Gasteiger partial charge in [0.1, 0.15) is 4.83 Å². The van der Waals surface area contributed by atoms with Crippen molar-refractivity contribution < 1.29 is 4.74 Å². The molecule has 0 unspecified atom stereocenters. The van der Waals surface area contributed by atoms with E-state index in [4.69, 9.17) is 9.72 Å². The van der Waals surface area contributed by atoms with Crippen LogP contribution in [0.4, 0.5) is 0 Å². The first-order chi connectivity index (χ1) is 12.9. The molecule has 0 radical (unpaired) electrons. The molecule has 4 rings (SSSR count). The fourth-order valence-corrected chi connectivity index (χ4v) is 5.22. The molecule has 1 aliphatic heterocycles. The van der Waals surface area contributed by atoms with Crippen LogP contribution in [-0.2, 0) is 17.8 Å². The largest absolute Gasteiger partial charge is 0.370 e. The smallest absolute Gasteiger partial charge is 0.267 e. The first kappa shape index (κ1) is 18.5. The van der Waals surface area contributed by atoms with E-state index in [1.807, 2.05) is 37.3 Å². The van der Waals surface area contributed by atoms with Gasteiger partial charge in [-0.25, -0.2) is 4.98 Å². The zero-order valence-corrected chi connectivity index (χ0v) is 17.4. The first-order valence-corrected chi connectivity index (χ1v) is 10.7. The van der Waals surface area contributed by atoms with E-state index >= 15 is 0 Å². The summed E-state index contributed by atoms with van der Waals surface area (Å²) in [4.78, 5) is 20.4. The Labute approximate surface area is 166 Å². The van der Waals surface area contributed by atoms with E-state index in [2.05, 4.69) is 20.4 Å². The summed E-state index contributed by atoms with van der Waals surface area (Å²) in [6.07, 6.45) is 2.56. The molecule has 0 saturated heterocycles. The second-order valence-electron chi connectivity index (χ2n) is 7.38. The van der Waals surface area contributed by atoms with Gasteiger partial charge in [-0.15, -0.1) is 17.9 Å². The summed E-state index contributed by atoms with van der Waals surface area (Å²) < 4.78 is 7.68. The summed E-state index contributed by atoms with van der Waals surface area (Å²) in [7, 11) is 0. The molecule has 0 saturated carbocycles. The highest BCUT2D eigenvalue weighted by atomic mass is 32.2. The van der Waals surface area contributed by atoms with E-state index in [0.29, 0.717) is 17.5 Å². The lowest BCUT2D eigenvalue weighted by Gasteiger charge is -2.29. The van der Waals surface area contributed by atoms with Gasteiger partial charge >= 0.3 is 0 Å². The van der Waals surface area contributed by atoms with Crippen LogP contribution in [0.5, 0.6) is 0 Å². The fraction of sp³-hybridized carbons (Fsp3) is 0.333. The molecule has 3 heterocycles. The number of aromatic nitrogens is 2. The molecule has 1 aromatic carbocycles. The lowest BCUT2D eigenvalue weighted by atomic mass is 9.94. The standard InChI is InChI=1S/C21H22N2O2S2/c1-5-10-26-20-22-18-17(15-11-21(3,4)25-12-16(15)27-18)19(24)23(20)14-8-6-13(2)7-9-14/h5-9H,1,10-12H2,2-4H3. The first-order valence-electron chi connectivity index (χ1n) is 8.91. The number of aryl methyl sites for hydroxylation is 1. The molecule has 0 amide bonds. The van der Waals surface area contributed by atoms with Crippen molar-refractivity contribution in [3.05, 3.63) is 63.3 Å². The number of thiophene rings is 1. The predicted molar refractivity (Wildman–Crippen MR) is 113 cm³/mol. The molecule has 0 N–H and O–H groups in total. The molecule has 3 aromatic rings. The van der Waals surface area contributed by atoms with Crippen LogP contribution in [0.3, 0.4) is 0 Å². The minimum absolute atomic E-state index is 0.00520. The van der Waals surface area contributed by atoms with Crippen molar-refractivity contribution in [1.29, 1.82) is 0 Å². The predicted octanol–water partition coefficient (Wildman–Crippen LogP) is 4.89. The molecule has 0 bridgehead atoms. The van der Waals surface area contributed by atoms with Crippen LogP contribution in [0.1, 0.15) is 29.9 Å². The van der Waals surface area contributed by atoms with Gasteiger partial charge in [-0.1, -0.05) is 35.5 Å². The van der Waals surface area contributed by atoms with Crippen LogP contribution in [0.2, 0.25) is 0 Å². The van der Waals surface area contributed by atoms with Crippen LogP contribution in [0, 0.1) is 6.92 Å². The van der Waals surface area contributed by atoms with E-state index in [-0.39, 0.29) is 11.2 Å². The Morgan fingerprint density at radius 3 is 2.81 bits per heavy atom. The van der Waals surface area contributed by atoms with Gasteiger partial charge in [0.15, 0.2) is 5.16 Å². The number of fused-ring (bicyclic) bond motifs is 3. The molecular formula is C21H22N2O2S2. The maximum atomic E-state index is 13.6. The second kappa shape index (κ2) is 6.93. The van der Waals surface area contributed by atoms with Gasteiger partial charge in [0.05, 0.1) is 23.3 Å². The van der Waals surface area contributed by atoms with Gasteiger partial charge in [0.25, 0.3) is 5.56 Å². The van der Waals surface area contributed by atoms with Crippen LogP contribution in [0.15, 0.2) is 46.9 Å². The molecule has 6 heteroatoms. The molecule has 0 atom stereocenters. The van der Waals surface area contributed by atoms with Crippen LogP contribution >= 0.6 is 23.1 Å². The highest BCUT2D eigenvalue weighted by molar-refractivity contribution is 7.99. The summed E-state index contributed by atoms with van der Waals surface area (Å²) in [5.41, 5.74) is 2.85. The molecule has 4 nitrogen and oxygen atoms in total. The Morgan fingerprint density at radius 2 is 2.11 bits per heavy atom. The molecule has 0 aliphatic carbocycles. The average molecular weight is 399 g/mol. The second-order valence-corrected chi connectivity index (χ2v) is 9.45. The van der Waals surface area contributed by atoms with Crippen LogP contribution < -0.4 is 5.56 Å². The van der Waals surface area contributed by atoms with Crippen molar-refractivity contribution in [3.8, 4) is 5.69 Å². The molecule has 27 heavy (non-hydrogen) atoms. The fourth-order valence-electron chi connectivity index (χ4n) is 3.33. The zero-order valence-electron chi connectivity index (χ0n) is 15.7. The number of benzene rings is 1. The van der Waals surface area contributed by atoms with Crippen molar-refractivity contribution in [2.45, 2.75) is 44.6 Å². The van der Waals surface area contributed by atoms with Gasteiger partial charge in [0, 0.05) is 17.1 Å². The van der Waals surface area contributed by atoms with Gasteiger partial charge in [0.2, 0.25) is 0 Å². The van der Waals surface area contributed by atoms with Gasteiger partial charge in [-0.3, -0.25) is 9.36 Å². The summed E-state index contributed by atoms with van der Waals surface area (Å²) in [6, 6.07) is 8.00. The van der Waals surface area contributed by atoms with E-state index in [1.165, 1.54) is 11.8 Å². The number of hydrogen-bond donors (Lipinski definition) is 0. The molecule has 1 aliphatic rings. The summed E-state index contributed by atoms with van der Waals surface area (Å²) in [6.45, 7) is 10.5. The van der Waals surface area contributed by atoms with Gasteiger partial charge < -0.3 is 4.74 Å². The highest BCUT2D eigenvalue weighted by Crippen LogP contribution is 2.37. The van der Waals surface area contributed by atoms with Crippen molar-refractivity contribution >= 4 is 33.3 Å². The van der Waals surface area contributed by atoms with Crippen LogP contribution in [-0.4, -0.2) is 20.9 Å².